The molecule has 7 heteroatoms. The Bertz CT molecular complexity index is 602. The van der Waals surface area contributed by atoms with E-state index in [1.54, 1.807) is 6.07 Å². The predicted molar refractivity (Wildman–Crippen MR) is 72.2 cm³/mol. The molecule has 2 rings (SSSR count). The molecule has 98 valence electrons. The summed E-state index contributed by atoms with van der Waals surface area (Å²) in [5, 5.41) is 2.83. The predicted octanol–water partition coefficient (Wildman–Crippen LogP) is 2.51. The highest BCUT2D eigenvalue weighted by atomic mass is 79.9. The Balaban J connectivity index is 2.27. The maximum absolute atomic E-state index is 11.9. The Hall–Kier alpha value is -0.590. The largest absolute Gasteiger partial charge is 0.349 e. The van der Waals surface area contributed by atoms with Crippen molar-refractivity contribution >= 4 is 41.6 Å². The summed E-state index contributed by atoms with van der Waals surface area (Å²) in [6, 6.07) is 4.38. The second-order valence-corrected chi connectivity index (χ2v) is 7.89. The normalized spacial score (nSPS) is 22.6. The first-order valence-electron chi connectivity index (χ1n) is 5.33. The molecule has 1 N–H and O–H groups in total. The third-order valence-electron chi connectivity index (χ3n) is 2.84. The van der Waals surface area contributed by atoms with Crippen molar-refractivity contribution in [3.8, 4) is 0 Å². The fourth-order valence-corrected chi connectivity index (χ4v) is 3.06. The van der Waals surface area contributed by atoms with E-state index in [0.717, 1.165) is 6.42 Å². The second kappa shape index (κ2) is 4.83. The van der Waals surface area contributed by atoms with Crippen LogP contribution in [-0.4, -0.2) is 20.4 Å². The van der Waals surface area contributed by atoms with Crippen LogP contribution in [0.4, 0.5) is 0 Å². The Morgan fingerprint density at radius 3 is 2.56 bits per heavy atom. The third-order valence-corrected chi connectivity index (χ3v) is 4.63. The maximum Gasteiger partial charge on any atom is 0.261 e. The van der Waals surface area contributed by atoms with E-state index in [2.05, 4.69) is 21.2 Å². The van der Waals surface area contributed by atoms with Crippen molar-refractivity contribution in [2.75, 3.05) is 0 Å². The summed E-state index contributed by atoms with van der Waals surface area (Å²) >= 11 is 3.16. The van der Waals surface area contributed by atoms with E-state index in [-0.39, 0.29) is 22.4 Å². The first kappa shape index (κ1) is 13.8. The monoisotopic (exact) mass is 351 g/mol. The molecule has 1 aromatic rings. The summed E-state index contributed by atoms with van der Waals surface area (Å²) in [5.41, 5.74) is 0.280. The van der Waals surface area contributed by atoms with Crippen molar-refractivity contribution < 1.29 is 13.2 Å². The number of halogens is 2. The number of benzene rings is 1. The lowest BCUT2D eigenvalue weighted by molar-refractivity contribution is 0.0949. The molecule has 0 heterocycles. The van der Waals surface area contributed by atoms with E-state index in [1.165, 1.54) is 12.1 Å². The van der Waals surface area contributed by atoms with Crippen LogP contribution in [0.5, 0.6) is 0 Å². The minimum absolute atomic E-state index is 0.0902. The quantitative estimate of drug-likeness (QED) is 0.850. The van der Waals surface area contributed by atoms with Crippen LogP contribution in [0.3, 0.4) is 0 Å². The molecule has 1 fully saturated rings. The van der Waals surface area contributed by atoms with Crippen molar-refractivity contribution in [3.63, 3.8) is 0 Å². The molecular weight excluding hydrogens is 342 g/mol. The van der Waals surface area contributed by atoms with Gasteiger partial charge in [0, 0.05) is 26.8 Å². The van der Waals surface area contributed by atoms with Crippen LogP contribution in [0.1, 0.15) is 23.7 Å². The van der Waals surface area contributed by atoms with Gasteiger partial charge in [-0.1, -0.05) is 22.9 Å². The van der Waals surface area contributed by atoms with E-state index in [0.29, 0.717) is 10.4 Å². The van der Waals surface area contributed by atoms with Gasteiger partial charge in [0.15, 0.2) is 0 Å². The number of carbonyl (C=O) groups excluding carboxylic acids is 1. The highest BCUT2D eigenvalue weighted by Gasteiger charge is 2.34. The van der Waals surface area contributed by atoms with Crippen molar-refractivity contribution in [1.82, 2.24) is 5.32 Å². The van der Waals surface area contributed by atoms with E-state index >= 15 is 0 Å². The van der Waals surface area contributed by atoms with Crippen LogP contribution >= 0.6 is 26.6 Å². The third kappa shape index (κ3) is 3.24. The highest BCUT2D eigenvalue weighted by molar-refractivity contribution is 9.10. The minimum Gasteiger partial charge on any atom is -0.349 e. The van der Waals surface area contributed by atoms with Gasteiger partial charge in [0.1, 0.15) is 0 Å². The molecule has 2 atom stereocenters. The molecular formula is C11H11BrClNO3S. The average molecular weight is 353 g/mol. The zero-order chi connectivity index (χ0) is 13.5. The van der Waals surface area contributed by atoms with Crippen molar-refractivity contribution in [2.24, 2.45) is 5.92 Å². The second-order valence-electron chi connectivity index (χ2n) is 4.41. The van der Waals surface area contributed by atoms with Crippen molar-refractivity contribution in [2.45, 2.75) is 24.3 Å². The maximum atomic E-state index is 11.9. The van der Waals surface area contributed by atoms with Crippen molar-refractivity contribution in [1.29, 1.82) is 0 Å². The first-order chi connectivity index (χ1) is 8.27. The van der Waals surface area contributed by atoms with Crippen LogP contribution in [0.25, 0.3) is 0 Å². The Kier molecular flexibility index (Phi) is 3.71. The summed E-state index contributed by atoms with van der Waals surface area (Å²) in [7, 11) is 1.43. The molecule has 1 saturated carbocycles. The van der Waals surface area contributed by atoms with Gasteiger partial charge in [-0.15, -0.1) is 0 Å². The van der Waals surface area contributed by atoms with E-state index in [1.807, 2.05) is 6.92 Å². The minimum atomic E-state index is -3.84. The lowest BCUT2D eigenvalue weighted by Gasteiger charge is -2.06. The Morgan fingerprint density at radius 2 is 2.06 bits per heavy atom. The van der Waals surface area contributed by atoms with Crippen LogP contribution in [0, 0.1) is 5.92 Å². The summed E-state index contributed by atoms with van der Waals surface area (Å²) < 4.78 is 23.0. The number of rotatable bonds is 3. The molecule has 18 heavy (non-hydrogen) atoms. The Morgan fingerprint density at radius 1 is 1.44 bits per heavy atom. The molecule has 0 aliphatic heterocycles. The van der Waals surface area contributed by atoms with Crippen molar-refractivity contribution in [3.05, 3.63) is 28.2 Å². The number of amides is 1. The van der Waals surface area contributed by atoms with Gasteiger partial charge in [0.25, 0.3) is 15.0 Å². The van der Waals surface area contributed by atoms with E-state index in [9.17, 15) is 13.2 Å². The summed E-state index contributed by atoms with van der Waals surface area (Å²) in [5.74, 6) is 0.199. The first-order valence-corrected chi connectivity index (χ1v) is 8.44. The molecule has 4 nitrogen and oxygen atoms in total. The standard InChI is InChI=1S/C11H11BrClNO3S/c1-6-2-10(6)14-11(15)7-3-8(12)5-9(4-7)18(13,16)17/h3-6,10H,2H2,1H3,(H,14,15). The van der Waals surface area contributed by atoms with Gasteiger partial charge in [0.2, 0.25) is 0 Å². The highest BCUT2D eigenvalue weighted by Crippen LogP contribution is 2.29. The average Bonchev–Trinajstić information content (AvgIpc) is 2.92. The molecule has 1 aliphatic carbocycles. The summed E-state index contributed by atoms with van der Waals surface area (Å²) in [6.07, 6.45) is 0.959. The fraction of sp³-hybridized carbons (Fsp3) is 0.364. The van der Waals surface area contributed by atoms with Gasteiger partial charge < -0.3 is 5.32 Å². The topological polar surface area (TPSA) is 63.2 Å². The fourth-order valence-electron chi connectivity index (χ4n) is 1.61. The van der Waals surface area contributed by atoms with Crippen LogP contribution < -0.4 is 5.32 Å². The van der Waals surface area contributed by atoms with E-state index in [4.69, 9.17) is 10.7 Å². The lowest BCUT2D eigenvalue weighted by atomic mass is 10.2. The molecule has 0 radical (unpaired) electrons. The molecule has 0 saturated heterocycles. The lowest BCUT2D eigenvalue weighted by Crippen LogP contribution is -2.26. The molecule has 0 spiro atoms. The van der Waals surface area contributed by atoms with Gasteiger partial charge in [-0.25, -0.2) is 8.42 Å². The zero-order valence-corrected chi connectivity index (χ0v) is 12.6. The van der Waals surface area contributed by atoms with Gasteiger partial charge in [-0.2, -0.15) is 0 Å². The van der Waals surface area contributed by atoms with Crippen LogP contribution in [-0.2, 0) is 9.05 Å². The van der Waals surface area contributed by atoms with E-state index < -0.39 is 9.05 Å². The number of nitrogens with one attached hydrogen (secondary N) is 1. The van der Waals surface area contributed by atoms with Gasteiger partial charge in [-0.3, -0.25) is 4.79 Å². The molecule has 1 amide bonds. The van der Waals surface area contributed by atoms with Crippen LogP contribution in [0.15, 0.2) is 27.6 Å². The number of hydrogen-bond acceptors (Lipinski definition) is 3. The molecule has 0 aromatic heterocycles. The molecule has 1 aliphatic rings. The molecule has 2 unspecified atom stereocenters. The SMILES string of the molecule is CC1CC1NC(=O)c1cc(Br)cc(S(=O)(=O)Cl)c1. The van der Waals surface area contributed by atoms with Crippen LogP contribution in [0.2, 0.25) is 0 Å². The van der Waals surface area contributed by atoms with Gasteiger partial charge in [-0.05, 0) is 30.5 Å². The Labute approximate surface area is 118 Å². The molecule has 0 bridgehead atoms. The smallest absolute Gasteiger partial charge is 0.261 e. The summed E-state index contributed by atoms with van der Waals surface area (Å²) in [6.45, 7) is 2.04. The summed E-state index contributed by atoms with van der Waals surface area (Å²) in [4.78, 5) is 11.8. The van der Waals surface area contributed by atoms with Gasteiger partial charge >= 0.3 is 0 Å². The molecule has 1 aromatic carbocycles. The zero-order valence-electron chi connectivity index (χ0n) is 9.48. The number of hydrogen-bond donors (Lipinski definition) is 1. The number of carbonyl (C=O) groups is 1. The van der Waals surface area contributed by atoms with Gasteiger partial charge in [0.05, 0.1) is 4.90 Å².